The second-order valence-corrected chi connectivity index (χ2v) is 4.70. The minimum atomic E-state index is -0.169. The van der Waals surface area contributed by atoms with Gasteiger partial charge in [0.1, 0.15) is 11.6 Å². The predicted octanol–water partition coefficient (Wildman–Crippen LogP) is 3.74. The number of fused-ring (bicyclic) bond motifs is 1. The Labute approximate surface area is 90.3 Å². The number of ether oxygens (including phenoxy) is 1. The molecule has 1 nitrogen and oxygen atoms in total. The van der Waals surface area contributed by atoms with E-state index in [1.165, 1.54) is 6.07 Å². The average Bonchev–Trinajstić information content (AvgIpc) is 2.17. The molecular formula is C13H17FO. The molecule has 0 saturated heterocycles. The zero-order valence-electron chi connectivity index (χ0n) is 9.46. The molecule has 2 heteroatoms. The molecule has 0 N–H and O–H groups in total. The molecule has 1 aliphatic rings. The highest BCUT2D eigenvalue weighted by Gasteiger charge is 2.28. The van der Waals surface area contributed by atoms with Crippen LogP contribution in [0.25, 0.3) is 0 Å². The summed E-state index contributed by atoms with van der Waals surface area (Å²) in [5.41, 5.74) is 1.03. The van der Waals surface area contributed by atoms with Gasteiger partial charge in [-0.1, -0.05) is 13.8 Å². The predicted molar refractivity (Wildman–Crippen MR) is 58.7 cm³/mol. The molecule has 2 rings (SSSR count). The number of hydrogen-bond donors (Lipinski definition) is 0. The Morgan fingerprint density at radius 1 is 1.40 bits per heavy atom. The van der Waals surface area contributed by atoms with Crippen molar-refractivity contribution in [3.05, 3.63) is 29.6 Å². The zero-order chi connectivity index (χ0) is 11.0. The van der Waals surface area contributed by atoms with Gasteiger partial charge in [0, 0.05) is 5.56 Å². The topological polar surface area (TPSA) is 9.23 Å². The van der Waals surface area contributed by atoms with Crippen LogP contribution in [0.1, 0.15) is 38.7 Å². The van der Waals surface area contributed by atoms with Gasteiger partial charge in [-0.05, 0) is 43.4 Å². The summed E-state index contributed by atoms with van der Waals surface area (Å²) >= 11 is 0. The van der Waals surface area contributed by atoms with E-state index in [4.69, 9.17) is 4.74 Å². The molecule has 0 spiro atoms. The Bertz CT molecular complexity index is 360. The third-order valence-electron chi connectivity index (χ3n) is 3.09. The van der Waals surface area contributed by atoms with Gasteiger partial charge in [-0.3, -0.25) is 0 Å². The molecule has 15 heavy (non-hydrogen) atoms. The molecule has 1 aromatic carbocycles. The van der Waals surface area contributed by atoms with Crippen LogP contribution in [-0.4, -0.2) is 6.10 Å². The fraction of sp³-hybridized carbons (Fsp3) is 0.538. The quantitative estimate of drug-likeness (QED) is 0.683. The van der Waals surface area contributed by atoms with Gasteiger partial charge in [-0.2, -0.15) is 0 Å². The Morgan fingerprint density at radius 2 is 2.13 bits per heavy atom. The van der Waals surface area contributed by atoms with Crippen molar-refractivity contribution in [1.29, 1.82) is 0 Å². The smallest absolute Gasteiger partial charge is 0.123 e. The van der Waals surface area contributed by atoms with Crippen molar-refractivity contribution in [2.24, 2.45) is 5.92 Å². The van der Waals surface area contributed by atoms with Crippen LogP contribution in [0.2, 0.25) is 0 Å². The van der Waals surface area contributed by atoms with Crippen LogP contribution in [0.5, 0.6) is 5.75 Å². The lowest BCUT2D eigenvalue weighted by Gasteiger charge is -2.32. The highest BCUT2D eigenvalue weighted by Crippen LogP contribution is 2.40. The summed E-state index contributed by atoms with van der Waals surface area (Å²) in [5.74, 6) is 1.63. The van der Waals surface area contributed by atoms with Gasteiger partial charge >= 0.3 is 0 Å². The number of benzene rings is 1. The molecule has 0 saturated carbocycles. The van der Waals surface area contributed by atoms with Crippen molar-refractivity contribution in [3.63, 3.8) is 0 Å². The summed E-state index contributed by atoms with van der Waals surface area (Å²) in [6.07, 6.45) is 1.21. The molecule has 0 fully saturated rings. The van der Waals surface area contributed by atoms with E-state index < -0.39 is 0 Å². The Kier molecular flexibility index (Phi) is 2.68. The van der Waals surface area contributed by atoms with Crippen molar-refractivity contribution in [2.45, 2.75) is 39.2 Å². The fourth-order valence-electron chi connectivity index (χ4n) is 2.30. The van der Waals surface area contributed by atoms with E-state index in [1.807, 2.05) is 0 Å². The van der Waals surface area contributed by atoms with E-state index in [1.54, 1.807) is 12.1 Å². The molecule has 82 valence electrons. The van der Waals surface area contributed by atoms with Crippen LogP contribution < -0.4 is 4.74 Å². The van der Waals surface area contributed by atoms with Gasteiger partial charge in [-0.15, -0.1) is 0 Å². The minimum absolute atomic E-state index is 0.169. The summed E-state index contributed by atoms with van der Waals surface area (Å²) in [6.45, 7) is 6.43. The van der Waals surface area contributed by atoms with Crippen LogP contribution in [0.4, 0.5) is 4.39 Å². The Morgan fingerprint density at radius 3 is 2.80 bits per heavy atom. The average molecular weight is 208 g/mol. The first kappa shape index (κ1) is 10.5. The maximum Gasteiger partial charge on any atom is 0.123 e. The zero-order valence-corrected chi connectivity index (χ0v) is 9.46. The van der Waals surface area contributed by atoms with Gasteiger partial charge in [0.2, 0.25) is 0 Å². The van der Waals surface area contributed by atoms with E-state index in [0.717, 1.165) is 17.7 Å². The van der Waals surface area contributed by atoms with Crippen LogP contribution in [0.3, 0.4) is 0 Å². The fourth-order valence-corrected chi connectivity index (χ4v) is 2.30. The summed E-state index contributed by atoms with van der Waals surface area (Å²) in [5, 5.41) is 0. The SMILES string of the molecule is CC1CC(C(C)C)c2cc(F)ccc2O1. The van der Waals surface area contributed by atoms with Gasteiger partial charge in [0.15, 0.2) is 0 Å². The van der Waals surface area contributed by atoms with Crippen molar-refractivity contribution in [2.75, 3.05) is 0 Å². The van der Waals surface area contributed by atoms with Crippen LogP contribution in [-0.2, 0) is 0 Å². The van der Waals surface area contributed by atoms with E-state index in [0.29, 0.717) is 11.8 Å². The largest absolute Gasteiger partial charge is 0.490 e. The van der Waals surface area contributed by atoms with Crippen LogP contribution in [0, 0.1) is 11.7 Å². The number of hydrogen-bond acceptors (Lipinski definition) is 1. The second-order valence-electron chi connectivity index (χ2n) is 4.70. The molecule has 0 aromatic heterocycles. The van der Waals surface area contributed by atoms with E-state index in [2.05, 4.69) is 20.8 Å². The van der Waals surface area contributed by atoms with Crippen molar-refractivity contribution < 1.29 is 9.13 Å². The third kappa shape index (κ3) is 1.99. The summed E-state index contributed by atoms with van der Waals surface area (Å²) in [4.78, 5) is 0. The highest BCUT2D eigenvalue weighted by atomic mass is 19.1. The van der Waals surface area contributed by atoms with Gasteiger partial charge in [0.05, 0.1) is 6.10 Å². The first-order valence-corrected chi connectivity index (χ1v) is 5.54. The molecule has 0 aliphatic carbocycles. The minimum Gasteiger partial charge on any atom is -0.490 e. The van der Waals surface area contributed by atoms with E-state index in [-0.39, 0.29) is 11.9 Å². The maximum absolute atomic E-state index is 13.2. The van der Waals surface area contributed by atoms with Crippen LogP contribution >= 0.6 is 0 Å². The van der Waals surface area contributed by atoms with Gasteiger partial charge < -0.3 is 4.74 Å². The monoisotopic (exact) mass is 208 g/mol. The number of halogens is 1. The highest BCUT2D eigenvalue weighted by molar-refractivity contribution is 5.39. The molecule has 2 atom stereocenters. The van der Waals surface area contributed by atoms with Gasteiger partial charge in [0.25, 0.3) is 0 Å². The van der Waals surface area contributed by atoms with Crippen LogP contribution in [0.15, 0.2) is 18.2 Å². The van der Waals surface area contributed by atoms with E-state index in [9.17, 15) is 4.39 Å². The molecule has 0 amide bonds. The summed E-state index contributed by atoms with van der Waals surface area (Å²) in [6, 6.07) is 4.83. The first-order chi connectivity index (χ1) is 7.08. The Hall–Kier alpha value is -1.05. The standard InChI is InChI=1S/C13H17FO/c1-8(2)11-6-9(3)15-13-5-4-10(14)7-12(11)13/h4-5,7-9,11H,6H2,1-3H3. The molecule has 0 bridgehead atoms. The van der Waals surface area contributed by atoms with Crippen molar-refractivity contribution in [1.82, 2.24) is 0 Å². The molecule has 1 aromatic rings. The molecule has 1 heterocycles. The first-order valence-electron chi connectivity index (χ1n) is 5.54. The summed E-state index contributed by atoms with van der Waals surface area (Å²) < 4.78 is 18.9. The molecular weight excluding hydrogens is 191 g/mol. The van der Waals surface area contributed by atoms with Crippen molar-refractivity contribution in [3.8, 4) is 5.75 Å². The second kappa shape index (κ2) is 3.84. The third-order valence-corrected chi connectivity index (χ3v) is 3.09. The lowest BCUT2D eigenvalue weighted by atomic mass is 9.82. The maximum atomic E-state index is 13.2. The molecule has 2 unspecified atom stereocenters. The van der Waals surface area contributed by atoms with Crippen molar-refractivity contribution >= 4 is 0 Å². The molecule has 1 aliphatic heterocycles. The lowest BCUT2D eigenvalue weighted by Crippen LogP contribution is -2.25. The normalized spacial score (nSPS) is 24.9. The Balaban J connectivity index is 2.43. The summed E-state index contributed by atoms with van der Waals surface area (Å²) in [7, 11) is 0. The molecule has 0 radical (unpaired) electrons. The number of rotatable bonds is 1. The van der Waals surface area contributed by atoms with Gasteiger partial charge in [-0.25, -0.2) is 4.39 Å². The lowest BCUT2D eigenvalue weighted by molar-refractivity contribution is 0.162. The van der Waals surface area contributed by atoms with E-state index >= 15 is 0 Å².